The maximum Gasteiger partial charge on any atom is 0.374 e. The Bertz CT molecular complexity index is 1410. The number of carbonyl (C=O) groups is 1. The maximum absolute atomic E-state index is 12.8. The summed E-state index contributed by atoms with van der Waals surface area (Å²) in [5.74, 6) is -0.542. The number of esters is 1. The molecule has 0 spiro atoms. The second kappa shape index (κ2) is 7.05. The Balaban J connectivity index is 1.70. The number of fused-ring (bicyclic) bond motifs is 2. The SMILES string of the molecule is CCOC(=O)c1oc2ccc(S(=O)(=O)Nc3ccc4[nH]c(=O)sc4c3)cc2c1C. The zero-order chi connectivity index (χ0) is 20.8. The lowest BCUT2D eigenvalue weighted by molar-refractivity contribution is 0.0491. The van der Waals surface area contributed by atoms with Gasteiger partial charge in [-0.25, -0.2) is 13.2 Å². The molecule has 4 rings (SSSR count). The van der Waals surface area contributed by atoms with E-state index < -0.39 is 16.0 Å². The van der Waals surface area contributed by atoms with Crippen LogP contribution in [0.2, 0.25) is 0 Å². The number of H-pyrrole nitrogens is 1. The highest BCUT2D eigenvalue weighted by Gasteiger charge is 2.22. The number of thiazole rings is 1. The minimum Gasteiger partial charge on any atom is -0.460 e. The number of aromatic nitrogens is 1. The molecule has 29 heavy (non-hydrogen) atoms. The van der Waals surface area contributed by atoms with Crippen LogP contribution in [0.4, 0.5) is 5.69 Å². The van der Waals surface area contributed by atoms with Crippen molar-refractivity contribution in [3.05, 3.63) is 57.4 Å². The smallest absolute Gasteiger partial charge is 0.374 e. The minimum atomic E-state index is -3.90. The molecular formula is C19H16N2O6S2. The lowest BCUT2D eigenvalue weighted by Gasteiger charge is -2.08. The summed E-state index contributed by atoms with van der Waals surface area (Å²) in [4.78, 5) is 25.9. The third-order valence-electron chi connectivity index (χ3n) is 4.35. The van der Waals surface area contributed by atoms with E-state index in [4.69, 9.17) is 9.15 Å². The summed E-state index contributed by atoms with van der Waals surface area (Å²) < 4.78 is 39.3. The molecule has 2 aromatic carbocycles. The van der Waals surface area contributed by atoms with Crippen molar-refractivity contribution in [1.29, 1.82) is 0 Å². The van der Waals surface area contributed by atoms with Gasteiger partial charge in [0.15, 0.2) is 0 Å². The first kappa shape index (κ1) is 19.2. The Hall–Kier alpha value is -3.11. The van der Waals surface area contributed by atoms with Crippen molar-refractivity contribution in [2.45, 2.75) is 18.7 Å². The fourth-order valence-electron chi connectivity index (χ4n) is 2.98. The Morgan fingerprint density at radius 2 is 2.03 bits per heavy atom. The molecule has 0 aliphatic carbocycles. The molecule has 0 radical (unpaired) electrons. The fraction of sp³-hybridized carbons (Fsp3) is 0.158. The molecule has 0 aliphatic heterocycles. The number of aryl methyl sites for hydroxylation is 1. The number of ether oxygens (including phenoxy) is 1. The second-order valence-corrected chi connectivity index (χ2v) is 8.96. The Morgan fingerprint density at radius 1 is 1.24 bits per heavy atom. The van der Waals surface area contributed by atoms with Crippen LogP contribution in [0, 0.1) is 6.92 Å². The van der Waals surface area contributed by atoms with Gasteiger partial charge in [0.2, 0.25) is 5.76 Å². The number of carbonyl (C=O) groups excluding carboxylic acids is 1. The molecule has 8 nitrogen and oxygen atoms in total. The van der Waals surface area contributed by atoms with Gasteiger partial charge in [0.1, 0.15) is 5.58 Å². The lowest BCUT2D eigenvalue weighted by atomic mass is 10.1. The average molecular weight is 432 g/mol. The molecule has 0 bridgehead atoms. The van der Waals surface area contributed by atoms with Gasteiger partial charge in [-0.1, -0.05) is 11.3 Å². The highest BCUT2D eigenvalue weighted by atomic mass is 32.2. The Labute approximate surface area is 169 Å². The van der Waals surface area contributed by atoms with E-state index in [1.54, 1.807) is 32.0 Å². The number of nitrogens with one attached hydrogen (secondary N) is 2. The van der Waals surface area contributed by atoms with Crippen LogP contribution in [-0.4, -0.2) is 26.0 Å². The molecule has 0 saturated carbocycles. The van der Waals surface area contributed by atoms with Crippen LogP contribution in [-0.2, 0) is 14.8 Å². The van der Waals surface area contributed by atoms with E-state index >= 15 is 0 Å². The van der Waals surface area contributed by atoms with Crippen molar-refractivity contribution in [3.63, 3.8) is 0 Å². The molecular weight excluding hydrogens is 416 g/mol. The number of furan rings is 1. The van der Waals surface area contributed by atoms with Crippen molar-refractivity contribution >= 4 is 54.2 Å². The third-order valence-corrected chi connectivity index (χ3v) is 6.58. The van der Waals surface area contributed by atoms with Crippen LogP contribution in [0.15, 0.2) is 50.5 Å². The van der Waals surface area contributed by atoms with E-state index in [1.807, 2.05) is 0 Å². The van der Waals surface area contributed by atoms with Gasteiger partial charge in [-0.15, -0.1) is 0 Å². The van der Waals surface area contributed by atoms with E-state index in [1.165, 1.54) is 18.2 Å². The van der Waals surface area contributed by atoms with Gasteiger partial charge in [0.05, 0.1) is 27.4 Å². The van der Waals surface area contributed by atoms with Crippen molar-refractivity contribution < 1.29 is 22.4 Å². The van der Waals surface area contributed by atoms with Gasteiger partial charge < -0.3 is 14.1 Å². The quantitative estimate of drug-likeness (QED) is 0.465. The number of rotatable bonds is 5. The van der Waals surface area contributed by atoms with E-state index in [2.05, 4.69) is 9.71 Å². The first-order valence-corrected chi connectivity index (χ1v) is 10.9. The molecule has 4 aromatic rings. The van der Waals surface area contributed by atoms with Crippen LogP contribution < -0.4 is 9.60 Å². The highest BCUT2D eigenvalue weighted by Crippen LogP contribution is 2.29. The predicted octanol–water partition coefficient (Wildman–Crippen LogP) is 3.62. The van der Waals surface area contributed by atoms with Crippen LogP contribution in [0.3, 0.4) is 0 Å². The number of hydrogen-bond donors (Lipinski definition) is 2. The monoisotopic (exact) mass is 432 g/mol. The van der Waals surface area contributed by atoms with Crippen LogP contribution in [0.1, 0.15) is 23.0 Å². The average Bonchev–Trinajstić information content (AvgIpc) is 3.20. The molecule has 150 valence electrons. The molecule has 0 saturated heterocycles. The molecule has 0 fully saturated rings. The van der Waals surface area contributed by atoms with E-state index in [0.29, 0.717) is 32.4 Å². The Morgan fingerprint density at radius 3 is 2.79 bits per heavy atom. The van der Waals surface area contributed by atoms with Gasteiger partial charge in [0, 0.05) is 10.9 Å². The Kier molecular flexibility index (Phi) is 4.67. The van der Waals surface area contributed by atoms with E-state index in [-0.39, 0.29) is 22.1 Å². The third kappa shape index (κ3) is 3.52. The van der Waals surface area contributed by atoms with E-state index in [9.17, 15) is 18.0 Å². The summed E-state index contributed by atoms with van der Waals surface area (Å²) in [6.45, 7) is 3.57. The lowest BCUT2D eigenvalue weighted by Crippen LogP contribution is -2.12. The number of aromatic amines is 1. The molecule has 10 heteroatoms. The van der Waals surface area contributed by atoms with E-state index in [0.717, 1.165) is 11.3 Å². The first-order chi connectivity index (χ1) is 13.8. The fourth-order valence-corrected chi connectivity index (χ4v) is 4.83. The van der Waals surface area contributed by atoms with Gasteiger partial charge >= 0.3 is 10.8 Å². The van der Waals surface area contributed by atoms with Crippen LogP contribution >= 0.6 is 11.3 Å². The predicted molar refractivity (Wildman–Crippen MR) is 110 cm³/mol. The summed E-state index contributed by atoms with van der Waals surface area (Å²) in [6, 6.07) is 9.15. The summed E-state index contributed by atoms with van der Waals surface area (Å²) in [7, 11) is -3.90. The molecule has 0 atom stereocenters. The molecule has 2 aromatic heterocycles. The largest absolute Gasteiger partial charge is 0.460 e. The van der Waals surface area contributed by atoms with Gasteiger partial charge in [-0.05, 0) is 50.2 Å². The molecule has 2 heterocycles. The normalized spacial score (nSPS) is 11.8. The second-order valence-electron chi connectivity index (χ2n) is 6.27. The van der Waals surface area contributed by atoms with Gasteiger partial charge in [-0.3, -0.25) is 9.52 Å². The minimum absolute atomic E-state index is 0.0201. The molecule has 0 aliphatic rings. The van der Waals surface area contributed by atoms with Crippen molar-refractivity contribution in [1.82, 2.24) is 4.98 Å². The summed E-state index contributed by atoms with van der Waals surface area (Å²) in [6.07, 6.45) is 0. The van der Waals surface area contributed by atoms with Gasteiger partial charge in [0.25, 0.3) is 10.0 Å². The van der Waals surface area contributed by atoms with Crippen LogP contribution in [0.5, 0.6) is 0 Å². The zero-order valence-electron chi connectivity index (χ0n) is 15.4. The summed E-state index contributed by atoms with van der Waals surface area (Å²) in [5.41, 5.74) is 1.88. The maximum atomic E-state index is 12.8. The number of sulfonamides is 1. The highest BCUT2D eigenvalue weighted by molar-refractivity contribution is 7.92. The topological polar surface area (TPSA) is 118 Å². The first-order valence-electron chi connectivity index (χ1n) is 8.64. The standard InChI is InChI=1S/C19H16N2O6S2/c1-3-26-18(22)17-10(2)13-9-12(5-7-15(13)27-17)29(24,25)21-11-4-6-14-16(8-11)28-19(23)20-14/h4-9,21H,3H2,1-2H3,(H,20,23). The van der Waals surface area contributed by atoms with Crippen molar-refractivity contribution in [2.24, 2.45) is 0 Å². The van der Waals surface area contributed by atoms with Crippen molar-refractivity contribution in [3.8, 4) is 0 Å². The van der Waals surface area contributed by atoms with Crippen molar-refractivity contribution in [2.75, 3.05) is 11.3 Å². The van der Waals surface area contributed by atoms with Crippen LogP contribution in [0.25, 0.3) is 21.2 Å². The summed E-state index contributed by atoms with van der Waals surface area (Å²) >= 11 is 0.999. The molecule has 2 N–H and O–H groups in total. The number of benzene rings is 2. The molecule has 0 amide bonds. The summed E-state index contributed by atoms with van der Waals surface area (Å²) in [5, 5.41) is 0.509. The number of anilines is 1. The number of hydrogen-bond acceptors (Lipinski definition) is 7. The molecule has 0 unspecified atom stereocenters. The van der Waals surface area contributed by atoms with Gasteiger partial charge in [-0.2, -0.15) is 0 Å². The zero-order valence-corrected chi connectivity index (χ0v) is 17.1.